The van der Waals surface area contributed by atoms with Crippen LogP contribution in [0.4, 0.5) is 0 Å². The van der Waals surface area contributed by atoms with Crippen LogP contribution in [-0.4, -0.2) is 33.9 Å². The quantitative estimate of drug-likeness (QED) is 0.752. The standard InChI is InChI=1S/C19H25NO5S2/c1-4-15-9-11-18(25-15)17-7-5-6-12-20(17)27(23,24)19-13-16(26(3,21)22)10-8-14(19)2/h8-11,13,17H,4-7,12H2,1-3H3/t17-/m1/s1. The van der Waals surface area contributed by atoms with Gasteiger partial charge in [-0.2, -0.15) is 4.31 Å². The zero-order valence-corrected chi connectivity index (χ0v) is 17.4. The van der Waals surface area contributed by atoms with Crippen LogP contribution in [0.3, 0.4) is 0 Å². The van der Waals surface area contributed by atoms with Crippen LogP contribution < -0.4 is 0 Å². The Morgan fingerprint density at radius 2 is 1.85 bits per heavy atom. The fourth-order valence-corrected chi connectivity index (χ4v) is 6.09. The summed E-state index contributed by atoms with van der Waals surface area (Å²) in [5.41, 5.74) is 0.528. The zero-order chi connectivity index (χ0) is 19.8. The molecule has 1 aromatic carbocycles. The Kier molecular flexibility index (Phi) is 5.52. The molecule has 1 aromatic heterocycles. The maximum atomic E-state index is 13.4. The van der Waals surface area contributed by atoms with E-state index in [2.05, 4.69) is 0 Å². The minimum Gasteiger partial charge on any atom is -0.464 e. The van der Waals surface area contributed by atoms with Crippen molar-refractivity contribution in [1.82, 2.24) is 4.31 Å². The second-order valence-electron chi connectivity index (χ2n) is 6.98. The molecule has 0 amide bonds. The average molecular weight is 412 g/mol. The molecule has 1 aliphatic rings. The van der Waals surface area contributed by atoms with Crippen LogP contribution in [0.15, 0.2) is 44.5 Å². The molecule has 148 valence electrons. The molecule has 0 N–H and O–H groups in total. The highest BCUT2D eigenvalue weighted by Crippen LogP contribution is 2.37. The topological polar surface area (TPSA) is 84.7 Å². The maximum Gasteiger partial charge on any atom is 0.244 e. The summed E-state index contributed by atoms with van der Waals surface area (Å²) in [6, 6.07) is 7.61. The number of rotatable bonds is 5. The van der Waals surface area contributed by atoms with E-state index in [1.807, 2.05) is 19.1 Å². The summed E-state index contributed by atoms with van der Waals surface area (Å²) in [6.45, 7) is 4.05. The number of furan rings is 1. The first-order valence-corrected chi connectivity index (χ1v) is 12.4. The number of benzene rings is 1. The summed E-state index contributed by atoms with van der Waals surface area (Å²) in [6.07, 6.45) is 4.19. The molecule has 0 radical (unpaired) electrons. The smallest absolute Gasteiger partial charge is 0.244 e. The molecule has 3 rings (SSSR count). The fraction of sp³-hybridized carbons (Fsp3) is 0.474. The van der Waals surface area contributed by atoms with Crippen molar-refractivity contribution >= 4 is 19.9 Å². The second kappa shape index (κ2) is 7.41. The van der Waals surface area contributed by atoms with E-state index in [1.165, 1.54) is 16.4 Å². The molecule has 0 aliphatic carbocycles. The van der Waals surface area contributed by atoms with E-state index in [0.29, 0.717) is 24.3 Å². The van der Waals surface area contributed by atoms with Gasteiger partial charge in [-0.05, 0) is 49.6 Å². The van der Waals surface area contributed by atoms with Crippen molar-refractivity contribution in [1.29, 1.82) is 0 Å². The molecular formula is C19H25NO5S2. The number of hydrogen-bond acceptors (Lipinski definition) is 5. The van der Waals surface area contributed by atoms with Gasteiger partial charge in [0.1, 0.15) is 11.5 Å². The average Bonchev–Trinajstić information content (AvgIpc) is 3.10. The summed E-state index contributed by atoms with van der Waals surface area (Å²) < 4.78 is 58.0. The lowest BCUT2D eigenvalue weighted by molar-refractivity contribution is 0.223. The van der Waals surface area contributed by atoms with Crippen LogP contribution in [0.2, 0.25) is 0 Å². The van der Waals surface area contributed by atoms with Gasteiger partial charge in [-0.25, -0.2) is 16.8 Å². The summed E-state index contributed by atoms with van der Waals surface area (Å²) in [4.78, 5) is 0.0473. The Bertz CT molecular complexity index is 1040. The van der Waals surface area contributed by atoms with E-state index >= 15 is 0 Å². The summed E-state index contributed by atoms with van der Waals surface area (Å²) in [5.74, 6) is 1.47. The van der Waals surface area contributed by atoms with Gasteiger partial charge in [0.25, 0.3) is 0 Å². The normalized spacial score (nSPS) is 19.3. The lowest BCUT2D eigenvalue weighted by Crippen LogP contribution is -2.38. The number of sulfone groups is 1. The van der Waals surface area contributed by atoms with Gasteiger partial charge in [0.15, 0.2) is 9.84 Å². The first-order valence-electron chi connectivity index (χ1n) is 9.05. The number of aryl methyl sites for hydroxylation is 2. The molecule has 6 nitrogen and oxygen atoms in total. The molecule has 1 fully saturated rings. The number of sulfonamides is 1. The van der Waals surface area contributed by atoms with E-state index in [9.17, 15) is 16.8 Å². The van der Waals surface area contributed by atoms with Crippen molar-refractivity contribution in [2.75, 3.05) is 12.8 Å². The second-order valence-corrected chi connectivity index (χ2v) is 10.9. The van der Waals surface area contributed by atoms with Crippen molar-refractivity contribution in [2.24, 2.45) is 0 Å². The third-order valence-corrected chi connectivity index (χ3v) is 8.15. The lowest BCUT2D eigenvalue weighted by atomic mass is 10.0. The number of piperidine rings is 1. The van der Waals surface area contributed by atoms with E-state index in [4.69, 9.17) is 4.42 Å². The van der Waals surface area contributed by atoms with Gasteiger partial charge >= 0.3 is 0 Å². The Labute approximate surface area is 161 Å². The minimum atomic E-state index is -3.86. The predicted molar refractivity (Wildman–Crippen MR) is 103 cm³/mol. The van der Waals surface area contributed by atoms with Crippen LogP contribution in [0.1, 0.15) is 49.3 Å². The predicted octanol–water partition coefficient (Wildman–Crippen LogP) is 3.47. The van der Waals surface area contributed by atoms with Crippen LogP contribution in [0.25, 0.3) is 0 Å². The Morgan fingerprint density at radius 1 is 1.11 bits per heavy atom. The largest absolute Gasteiger partial charge is 0.464 e. The third-order valence-electron chi connectivity index (χ3n) is 4.99. The van der Waals surface area contributed by atoms with Gasteiger partial charge in [-0.1, -0.05) is 19.4 Å². The maximum absolute atomic E-state index is 13.4. The number of nitrogens with zero attached hydrogens (tertiary/aromatic N) is 1. The van der Waals surface area contributed by atoms with Gasteiger partial charge in [-0.3, -0.25) is 0 Å². The molecule has 0 bridgehead atoms. The SMILES string of the molecule is CCc1ccc([C@H]2CCCCN2S(=O)(=O)c2cc(S(C)(=O)=O)ccc2C)o1. The van der Waals surface area contributed by atoms with Gasteiger partial charge in [0.05, 0.1) is 15.8 Å². The van der Waals surface area contributed by atoms with Crippen molar-refractivity contribution in [2.45, 2.75) is 55.4 Å². The Morgan fingerprint density at radius 3 is 2.48 bits per heavy atom. The highest BCUT2D eigenvalue weighted by molar-refractivity contribution is 7.91. The fourth-order valence-electron chi connectivity index (χ4n) is 3.46. The van der Waals surface area contributed by atoms with E-state index in [-0.39, 0.29) is 15.8 Å². The first-order chi connectivity index (χ1) is 12.6. The van der Waals surface area contributed by atoms with Crippen molar-refractivity contribution < 1.29 is 21.3 Å². The van der Waals surface area contributed by atoms with Crippen LogP contribution in [0.5, 0.6) is 0 Å². The van der Waals surface area contributed by atoms with Crippen molar-refractivity contribution in [3.8, 4) is 0 Å². The molecule has 0 unspecified atom stereocenters. The lowest BCUT2D eigenvalue weighted by Gasteiger charge is -2.33. The molecule has 2 heterocycles. The molecule has 2 aromatic rings. The molecule has 0 spiro atoms. The molecule has 8 heteroatoms. The van der Waals surface area contributed by atoms with Gasteiger partial charge in [0.2, 0.25) is 10.0 Å². The Hall–Kier alpha value is -1.64. The zero-order valence-electron chi connectivity index (χ0n) is 15.8. The molecule has 27 heavy (non-hydrogen) atoms. The molecule has 1 saturated heterocycles. The highest BCUT2D eigenvalue weighted by atomic mass is 32.2. The molecule has 1 atom stereocenters. The Balaban J connectivity index is 2.06. The summed E-state index contributed by atoms with van der Waals surface area (Å²) in [5, 5.41) is 0. The third kappa shape index (κ3) is 3.97. The highest BCUT2D eigenvalue weighted by Gasteiger charge is 2.37. The monoisotopic (exact) mass is 411 g/mol. The molecule has 0 saturated carbocycles. The van der Waals surface area contributed by atoms with Gasteiger partial charge < -0.3 is 4.42 Å². The minimum absolute atomic E-state index is 0.00602. The molecular weight excluding hydrogens is 386 g/mol. The van der Waals surface area contributed by atoms with Gasteiger partial charge in [0, 0.05) is 19.2 Å². The summed E-state index contributed by atoms with van der Waals surface area (Å²) >= 11 is 0. The van der Waals surface area contributed by atoms with Crippen LogP contribution >= 0.6 is 0 Å². The molecule has 1 aliphatic heterocycles. The van der Waals surface area contributed by atoms with E-state index < -0.39 is 19.9 Å². The summed E-state index contributed by atoms with van der Waals surface area (Å²) in [7, 11) is -7.36. The van der Waals surface area contributed by atoms with Gasteiger partial charge in [-0.15, -0.1) is 0 Å². The van der Waals surface area contributed by atoms with Crippen molar-refractivity contribution in [3.63, 3.8) is 0 Å². The van der Waals surface area contributed by atoms with E-state index in [0.717, 1.165) is 31.3 Å². The van der Waals surface area contributed by atoms with Crippen LogP contribution in [-0.2, 0) is 26.3 Å². The van der Waals surface area contributed by atoms with Crippen molar-refractivity contribution in [3.05, 3.63) is 47.4 Å². The van der Waals surface area contributed by atoms with E-state index in [1.54, 1.807) is 13.0 Å². The van der Waals surface area contributed by atoms with Crippen LogP contribution in [0, 0.1) is 6.92 Å². The number of hydrogen-bond donors (Lipinski definition) is 0. The first kappa shape index (κ1) is 20.1.